The van der Waals surface area contributed by atoms with E-state index >= 15 is 0 Å². The second kappa shape index (κ2) is 7.70. The first-order chi connectivity index (χ1) is 10.6. The smallest absolute Gasteiger partial charge is 0.270 e. The van der Waals surface area contributed by atoms with Gasteiger partial charge in [0.2, 0.25) is 5.91 Å². The number of hydrogen-bond donors (Lipinski definition) is 2. The average molecular weight is 317 g/mol. The number of benzene rings is 1. The molecule has 0 saturated heterocycles. The Morgan fingerprint density at radius 1 is 1.27 bits per heavy atom. The van der Waals surface area contributed by atoms with Gasteiger partial charge in [0.25, 0.3) is 5.91 Å². The van der Waals surface area contributed by atoms with Crippen molar-refractivity contribution in [2.75, 3.05) is 6.54 Å². The third kappa shape index (κ3) is 4.66. The van der Waals surface area contributed by atoms with Gasteiger partial charge in [0.1, 0.15) is 10.7 Å². The van der Waals surface area contributed by atoms with Gasteiger partial charge in [0, 0.05) is 18.8 Å². The van der Waals surface area contributed by atoms with Crippen LogP contribution >= 0.6 is 11.3 Å². The van der Waals surface area contributed by atoms with Crippen molar-refractivity contribution in [1.29, 1.82) is 0 Å². The van der Waals surface area contributed by atoms with Crippen LogP contribution in [0.25, 0.3) is 0 Å². The minimum atomic E-state index is -0.187. The van der Waals surface area contributed by atoms with Gasteiger partial charge in [-0.25, -0.2) is 4.98 Å². The summed E-state index contributed by atoms with van der Waals surface area (Å²) in [7, 11) is 0. The van der Waals surface area contributed by atoms with Gasteiger partial charge in [-0.3, -0.25) is 9.59 Å². The summed E-state index contributed by atoms with van der Waals surface area (Å²) in [6.45, 7) is 3.87. The van der Waals surface area contributed by atoms with Gasteiger partial charge < -0.3 is 10.6 Å². The molecule has 2 rings (SSSR count). The summed E-state index contributed by atoms with van der Waals surface area (Å²) in [4.78, 5) is 27.3. The lowest BCUT2D eigenvalue weighted by Crippen LogP contribution is -2.26. The second-order valence-corrected chi connectivity index (χ2v) is 5.87. The van der Waals surface area contributed by atoms with Gasteiger partial charge in [-0.1, -0.05) is 30.3 Å². The van der Waals surface area contributed by atoms with Crippen LogP contribution in [0, 0.1) is 0 Å². The molecule has 0 radical (unpaired) electrons. The molecule has 0 fully saturated rings. The maximum absolute atomic E-state index is 12.0. The van der Waals surface area contributed by atoms with Crippen LogP contribution in [0.15, 0.2) is 35.7 Å². The van der Waals surface area contributed by atoms with Gasteiger partial charge in [-0.15, -0.1) is 11.3 Å². The van der Waals surface area contributed by atoms with Gasteiger partial charge >= 0.3 is 0 Å². The summed E-state index contributed by atoms with van der Waals surface area (Å²) in [6.07, 6.45) is 0.784. The molecular formula is C16H19N3O2S. The Bertz CT molecular complexity index is 640. The van der Waals surface area contributed by atoms with Crippen LogP contribution in [0.1, 0.15) is 40.9 Å². The van der Waals surface area contributed by atoms with Gasteiger partial charge in [-0.2, -0.15) is 0 Å². The fraction of sp³-hybridized carbons (Fsp3) is 0.312. The van der Waals surface area contributed by atoms with E-state index in [1.807, 2.05) is 37.3 Å². The molecule has 1 atom stereocenters. The number of amides is 2. The fourth-order valence-corrected chi connectivity index (χ4v) is 2.82. The number of rotatable bonds is 6. The monoisotopic (exact) mass is 317 g/mol. The first-order valence-electron chi connectivity index (χ1n) is 7.11. The maximum atomic E-state index is 12.0. The molecule has 2 amide bonds. The Labute approximate surface area is 133 Å². The second-order valence-electron chi connectivity index (χ2n) is 4.98. The number of carbonyl (C=O) groups is 2. The van der Waals surface area contributed by atoms with Crippen LogP contribution in [-0.2, 0) is 11.2 Å². The molecule has 6 heteroatoms. The number of aromatic nitrogens is 1. The van der Waals surface area contributed by atoms with E-state index < -0.39 is 0 Å². The van der Waals surface area contributed by atoms with E-state index in [2.05, 4.69) is 15.6 Å². The normalized spacial score (nSPS) is 11.7. The minimum Gasteiger partial charge on any atom is -0.350 e. The first kappa shape index (κ1) is 16.2. The Kier molecular flexibility index (Phi) is 5.66. The van der Waals surface area contributed by atoms with E-state index in [0.717, 1.165) is 11.4 Å². The van der Waals surface area contributed by atoms with Crippen molar-refractivity contribution in [3.05, 3.63) is 52.0 Å². The van der Waals surface area contributed by atoms with Crippen molar-refractivity contribution < 1.29 is 9.59 Å². The zero-order chi connectivity index (χ0) is 15.9. The standard InChI is InChI=1S/C16H19N3O2S/c1-11(18-12(2)20)16-19-14(10-22-16)15(21)17-9-8-13-6-4-3-5-7-13/h3-7,10-11H,8-9H2,1-2H3,(H,17,21)(H,18,20). The molecule has 1 unspecified atom stereocenters. The van der Waals surface area contributed by atoms with Gasteiger partial charge in [0.05, 0.1) is 6.04 Å². The summed E-state index contributed by atoms with van der Waals surface area (Å²) in [5, 5.41) is 8.05. The highest BCUT2D eigenvalue weighted by Crippen LogP contribution is 2.17. The highest BCUT2D eigenvalue weighted by Gasteiger charge is 2.15. The molecule has 2 N–H and O–H groups in total. The van der Waals surface area contributed by atoms with Gasteiger partial charge in [-0.05, 0) is 18.9 Å². The third-order valence-corrected chi connectivity index (χ3v) is 4.11. The van der Waals surface area contributed by atoms with Crippen LogP contribution in [0.4, 0.5) is 0 Å². The van der Waals surface area contributed by atoms with E-state index in [1.165, 1.54) is 23.8 Å². The molecule has 22 heavy (non-hydrogen) atoms. The summed E-state index contributed by atoms with van der Waals surface area (Å²) in [5.74, 6) is -0.301. The highest BCUT2D eigenvalue weighted by atomic mass is 32.1. The average Bonchev–Trinajstić information content (AvgIpc) is 2.97. The van der Waals surface area contributed by atoms with E-state index in [1.54, 1.807) is 5.38 Å². The number of nitrogens with one attached hydrogen (secondary N) is 2. The Hall–Kier alpha value is -2.21. The SMILES string of the molecule is CC(=O)NC(C)c1nc(C(=O)NCCc2ccccc2)cs1. The summed E-state index contributed by atoms with van der Waals surface area (Å²) in [5.41, 5.74) is 1.58. The maximum Gasteiger partial charge on any atom is 0.270 e. The minimum absolute atomic E-state index is 0.114. The van der Waals surface area contributed by atoms with Crippen LogP contribution in [-0.4, -0.2) is 23.3 Å². The van der Waals surface area contributed by atoms with E-state index in [9.17, 15) is 9.59 Å². The molecule has 5 nitrogen and oxygen atoms in total. The van der Waals surface area contributed by atoms with E-state index in [-0.39, 0.29) is 17.9 Å². The Balaban J connectivity index is 1.85. The van der Waals surface area contributed by atoms with Gasteiger partial charge in [0.15, 0.2) is 0 Å². The molecule has 0 aliphatic carbocycles. The van der Waals surface area contributed by atoms with Crippen molar-refractivity contribution in [1.82, 2.24) is 15.6 Å². The van der Waals surface area contributed by atoms with Crippen molar-refractivity contribution >= 4 is 23.2 Å². The topological polar surface area (TPSA) is 71.1 Å². The molecular weight excluding hydrogens is 298 g/mol. The molecule has 2 aromatic rings. The van der Waals surface area contributed by atoms with Crippen molar-refractivity contribution in [2.45, 2.75) is 26.3 Å². The summed E-state index contributed by atoms with van der Waals surface area (Å²) >= 11 is 1.37. The lowest BCUT2D eigenvalue weighted by atomic mass is 10.1. The molecule has 0 saturated carbocycles. The first-order valence-corrected chi connectivity index (χ1v) is 7.99. The third-order valence-electron chi connectivity index (χ3n) is 3.09. The number of carbonyl (C=O) groups excluding carboxylic acids is 2. The van der Waals surface area contributed by atoms with Crippen LogP contribution in [0.3, 0.4) is 0 Å². The highest BCUT2D eigenvalue weighted by molar-refractivity contribution is 7.09. The molecule has 1 aromatic heterocycles. The van der Waals surface area contributed by atoms with Crippen molar-refractivity contribution in [2.24, 2.45) is 0 Å². The molecule has 0 aliphatic rings. The molecule has 116 valence electrons. The molecule has 0 bridgehead atoms. The summed E-state index contributed by atoms with van der Waals surface area (Å²) < 4.78 is 0. The molecule has 0 aliphatic heterocycles. The van der Waals surface area contributed by atoms with Crippen molar-refractivity contribution in [3.8, 4) is 0 Å². The molecule has 1 heterocycles. The number of thiazole rings is 1. The lowest BCUT2D eigenvalue weighted by molar-refractivity contribution is -0.119. The number of nitrogens with zero attached hydrogens (tertiary/aromatic N) is 1. The van der Waals surface area contributed by atoms with Crippen LogP contribution in [0.5, 0.6) is 0 Å². The van der Waals surface area contributed by atoms with Crippen LogP contribution in [0.2, 0.25) is 0 Å². The summed E-state index contributed by atoms with van der Waals surface area (Å²) in [6, 6.07) is 9.80. The zero-order valence-corrected chi connectivity index (χ0v) is 13.4. The molecule has 0 spiro atoms. The lowest BCUT2D eigenvalue weighted by Gasteiger charge is -2.08. The fourth-order valence-electron chi connectivity index (χ4n) is 2.01. The van der Waals surface area contributed by atoms with Crippen molar-refractivity contribution in [3.63, 3.8) is 0 Å². The number of hydrogen-bond acceptors (Lipinski definition) is 4. The molecule has 1 aromatic carbocycles. The zero-order valence-electron chi connectivity index (χ0n) is 12.6. The van der Waals surface area contributed by atoms with E-state index in [4.69, 9.17) is 0 Å². The predicted molar refractivity (Wildman–Crippen MR) is 86.8 cm³/mol. The Morgan fingerprint density at radius 2 is 2.00 bits per heavy atom. The predicted octanol–water partition coefficient (Wildman–Crippen LogP) is 2.31. The van der Waals surface area contributed by atoms with Crippen LogP contribution < -0.4 is 10.6 Å². The largest absolute Gasteiger partial charge is 0.350 e. The quantitative estimate of drug-likeness (QED) is 0.859. The Morgan fingerprint density at radius 3 is 2.68 bits per heavy atom. The van der Waals surface area contributed by atoms with E-state index in [0.29, 0.717) is 12.2 Å².